The highest BCUT2D eigenvalue weighted by molar-refractivity contribution is 14.0. The monoisotopic (exact) mass is 478 g/mol. The first-order chi connectivity index (χ1) is 12.7. The smallest absolute Gasteiger partial charge is 0.251 e. The zero-order valence-electron chi connectivity index (χ0n) is 15.9. The molecule has 2 aromatic rings. The number of carbonyl (C=O) groups is 1. The van der Waals surface area contributed by atoms with Crippen LogP contribution in [-0.2, 0) is 12.8 Å². The predicted octanol–water partition coefficient (Wildman–Crippen LogP) is 3.23. The van der Waals surface area contributed by atoms with Gasteiger partial charge in [-0.25, -0.2) is 0 Å². The Morgan fingerprint density at radius 1 is 1.19 bits per heavy atom. The minimum absolute atomic E-state index is 0. The zero-order valence-corrected chi connectivity index (χ0v) is 18.2. The molecule has 144 valence electrons. The van der Waals surface area contributed by atoms with E-state index in [1.54, 1.807) is 7.05 Å². The van der Waals surface area contributed by atoms with Crippen LogP contribution in [-0.4, -0.2) is 38.5 Å². The molecular formula is C21H27IN4O. The standard InChI is InChI=1S/C21H26N4O.HI/c1-3-23-21(25-14-12-17-8-4-5-10-19(17)25)24-13-11-16-7-6-9-18(15-16)20(26)22-2;/h4-10,15H,3,11-14H2,1-2H3,(H,22,26)(H,23,24);1H. The van der Waals surface area contributed by atoms with Crippen LogP contribution >= 0.6 is 24.0 Å². The summed E-state index contributed by atoms with van der Waals surface area (Å²) in [5, 5.41) is 6.07. The van der Waals surface area contributed by atoms with Crippen LogP contribution in [0.3, 0.4) is 0 Å². The van der Waals surface area contributed by atoms with E-state index in [2.05, 4.69) is 46.7 Å². The Labute approximate surface area is 178 Å². The van der Waals surface area contributed by atoms with Crippen molar-refractivity contribution in [2.75, 3.05) is 31.6 Å². The minimum atomic E-state index is -0.0580. The van der Waals surface area contributed by atoms with Gasteiger partial charge in [-0.1, -0.05) is 30.3 Å². The fourth-order valence-corrected chi connectivity index (χ4v) is 3.26. The molecule has 6 heteroatoms. The van der Waals surface area contributed by atoms with Gasteiger partial charge in [0.1, 0.15) is 0 Å². The van der Waals surface area contributed by atoms with Gasteiger partial charge in [-0.2, -0.15) is 0 Å². The maximum absolute atomic E-state index is 11.8. The van der Waals surface area contributed by atoms with E-state index < -0.39 is 0 Å². The molecule has 0 saturated carbocycles. The fraction of sp³-hybridized carbons (Fsp3) is 0.333. The SMILES string of the molecule is CCNC(=NCCc1cccc(C(=O)NC)c1)N1CCc2ccccc21.I. The van der Waals surface area contributed by atoms with E-state index in [1.165, 1.54) is 11.3 Å². The first-order valence-corrected chi connectivity index (χ1v) is 9.17. The number of hydrogen-bond acceptors (Lipinski definition) is 2. The van der Waals surface area contributed by atoms with Gasteiger partial charge in [-0.15, -0.1) is 24.0 Å². The number of guanidine groups is 1. The van der Waals surface area contributed by atoms with Gasteiger partial charge in [-0.05, 0) is 49.1 Å². The lowest BCUT2D eigenvalue weighted by atomic mass is 10.1. The summed E-state index contributed by atoms with van der Waals surface area (Å²) in [6, 6.07) is 16.2. The van der Waals surface area contributed by atoms with Crippen LogP contribution in [0.5, 0.6) is 0 Å². The number of anilines is 1. The Kier molecular flexibility index (Phi) is 8.09. The van der Waals surface area contributed by atoms with Gasteiger partial charge in [0.15, 0.2) is 5.96 Å². The molecule has 0 bridgehead atoms. The van der Waals surface area contributed by atoms with Crippen LogP contribution in [0, 0.1) is 0 Å². The van der Waals surface area contributed by atoms with Crippen molar-refractivity contribution >= 4 is 41.5 Å². The number of rotatable bonds is 5. The molecule has 0 radical (unpaired) electrons. The second-order valence-corrected chi connectivity index (χ2v) is 6.30. The Hall–Kier alpha value is -2.09. The first kappa shape index (κ1) is 21.2. The molecule has 27 heavy (non-hydrogen) atoms. The Balaban J connectivity index is 0.00000261. The third-order valence-electron chi connectivity index (χ3n) is 4.56. The lowest BCUT2D eigenvalue weighted by Gasteiger charge is -2.22. The maximum Gasteiger partial charge on any atom is 0.251 e. The molecule has 5 nitrogen and oxygen atoms in total. The molecule has 0 fully saturated rings. The molecule has 0 atom stereocenters. The molecule has 1 amide bonds. The van der Waals surface area contributed by atoms with Crippen LogP contribution in [0.2, 0.25) is 0 Å². The van der Waals surface area contributed by atoms with E-state index in [1.807, 2.05) is 24.3 Å². The van der Waals surface area contributed by atoms with Crippen molar-refractivity contribution in [2.45, 2.75) is 19.8 Å². The molecule has 0 spiro atoms. The number of amides is 1. The van der Waals surface area contributed by atoms with E-state index in [0.29, 0.717) is 12.1 Å². The molecule has 0 aliphatic carbocycles. The van der Waals surface area contributed by atoms with Crippen molar-refractivity contribution in [3.63, 3.8) is 0 Å². The summed E-state index contributed by atoms with van der Waals surface area (Å²) < 4.78 is 0. The summed E-state index contributed by atoms with van der Waals surface area (Å²) in [5.74, 6) is 0.872. The van der Waals surface area contributed by atoms with Crippen molar-refractivity contribution < 1.29 is 4.79 Å². The van der Waals surface area contributed by atoms with Crippen LogP contribution in [0.4, 0.5) is 5.69 Å². The van der Waals surface area contributed by atoms with Crippen molar-refractivity contribution in [3.05, 3.63) is 65.2 Å². The quantitative estimate of drug-likeness (QED) is 0.394. The minimum Gasteiger partial charge on any atom is -0.356 e. The fourth-order valence-electron chi connectivity index (χ4n) is 3.26. The van der Waals surface area contributed by atoms with Crippen LogP contribution in [0.25, 0.3) is 0 Å². The Morgan fingerprint density at radius 2 is 2.00 bits per heavy atom. The molecule has 1 heterocycles. The van der Waals surface area contributed by atoms with Crippen molar-refractivity contribution in [1.29, 1.82) is 0 Å². The van der Waals surface area contributed by atoms with Crippen molar-refractivity contribution in [3.8, 4) is 0 Å². The Bertz CT molecular complexity index is 806. The lowest BCUT2D eigenvalue weighted by molar-refractivity contribution is 0.0963. The second kappa shape index (κ2) is 10.3. The first-order valence-electron chi connectivity index (χ1n) is 9.17. The summed E-state index contributed by atoms with van der Waals surface area (Å²) >= 11 is 0. The van der Waals surface area contributed by atoms with Gasteiger partial charge >= 0.3 is 0 Å². The number of hydrogen-bond donors (Lipinski definition) is 2. The van der Waals surface area contributed by atoms with Crippen LogP contribution in [0.15, 0.2) is 53.5 Å². The number of fused-ring (bicyclic) bond motifs is 1. The van der Waals surface area contributed by atoms with Crippen LogP contribution < -0.4 is 15.5 Å². The summed E-state index contributed by atoms with van der Waals surface area (Å²) in [5.41, 5.74) is 4.42. The molecule has 0 aromatic heterocycles. The van der Waals surface area contributed by atoms with Crippen LogP contribution in [0.1, 0.15) is 28.4 Å². The number of para-hydroxylation sites is 1. The van der Waals surface area contributed by atoms with E-state index in [9.17, 15) is 4.79 Å². The van der Waals surface area contributed by atoms with Gasteiger partial charge in [-0.3, -0.25) is 9.79 Å². The molecule has 3 rings (SSSR count). The number of benzene rings is 2. The highest BCUT2D eigenvalue weighted by Crippen LogP contribution is 2.27. The maximum atomic E-state index is 11.8. The van der Waals surface area contributed by atoms with Crippen molar-refractivity contribution in [2.24, 2.45) is 4.99 Å². The van der Waals surface area contributed by atoms with E-state index in [-0.39, 0.29) is 29.9 Å². The average Bonchev–Trinajstić information content (AvgIpc) is 3.11. The summed E-state index contributed by atoms with van der Waals surface area (Å²) in [7, 11) is 1.65. The molecule has 0 saturated heterocycles. The number of aliphatic imine (C=N–C) groups is 1. The molecule has 0 unspecified atom stereocenters. The van der Waals surface area contributed by atoms with Gasteiger partial charge in [0.2, 0.25) is 0 Å². The molecule has 2 aromatic carbocycles. The topological polar surface area (TPSA) is 56.7 Å². The highest BCUT2D eigenvalue weighted by Gasteiger charge is 2.22. The third-order valence-corrected chi connectivity index (χ3v) is 4.56. The zero-order chi connectivity index (χ0) is 18.4. The molecule has 1 aliphatic heterocycles. The van der Waals surface area contributed by atoms with Gasteiger partial charge in [0.05, 0.1) is 0 Å². The molecular weight excluding hydrogens is 451 g/mol. The average molecular weight is 478 g/mol. The van der Waals surface area contributed by atoms with Gasteiger partial charge in [0, 0.05) is 37.9 Å². The Morgan fingerprint density at radius 3 is 2.78 bits per heavy atom. The summed E-state index contributed by atoms with van der Waals surface area (Å²) in [6.07, 6.45) is 1.85. The number of nitrogens with one attached hydrogen (secondary N) is 2. The van der Waals surface area contributed by atoms with E-state index in [0.717, 1.165) is 37.5 Å². The number of nitrogens with zero attached hydrogens (tertiary/aromatic N) is 2. The second-order valence-electron chi connectivity index (χ2n) is 6.30. The van der Waals surface area contributed by atoms with E-state index in [4.69, 9.17) is 4.99 Å². The predicted molar refractivity (Wildman–Crippen MR) is 122 cm³/mol. The number of halogens is 1. The van der Waals surface area contributed by atoms with Crippen molar-refractivity contribution in [1.82, 2.24) is 10.6 Å². The number of carbonyl (C=O) groups excluding carboxylic acids is 1. The van der Waals surface area contributed by atoms with E-state index >= 15 is 0 Å². The summed E-state index contributed by atoms with van der Waals surface area (Å²) in [4.78, 5) is 18.8. The van der Waals surface area contributed by atoms with Gasteiger partial charge < -0.3 is 15.5 Å². The third kappa shape index (κ3) is 5.22. The normalized spacial score (nSPS) is 13.0. The highest BCUT2D eigenvalue weighted by atomic mass is 127. The molecule has 1 aliphatic rings. The van der Waals surface area contributed by atoms with Gasteiger partial charge in [0.25, 0.3) is 5.91 Å². The molecule has 2 N–H and O–H groups in total. The summed E-state index contributed by atoms with van der Waals surface area (Å²) in [6.45, 7) is 4.56. The lowest BCUT2D eigenvalue weighted by Crippen LogP contribution is -2.40. The largest absolute Gasteiger partial charge is 0.356 e.